The molecular weight excluding hydrogens is 174 g/mol. The van der Waals surface area contributed by atoms with Crippen molar-refractivity contribution in [2.75, 3.05) is 0 Å². The molecule has 2 heteroatoms. The Morgan fingerprint density at radius 3 is 2.50 bits per heavy atom. The molecule has 0 bridgehead atoms. The molecule has 0 fully saturated rings. The number of hydrogen-bond acceptors (Lipinski definition) is 2. The van der Waals surface area contributed by atoms with Gasteiger partial charge in [-0.05, 0) is 49.4 Å². The van der Waals surface area contributed by atoms with Gasteiger partial charge >= 0.3 is 0 Å². The van der Waals surface area contributed by atoms with E-state index < -0.39 is 0 Å². The van der Waals surface area contributed by atoms with Crippen molar-refractivity contribution in [2.45, 2.75) is 20.8 Å². The molecule has 1 aromatic carbocycles. The first-order valence-corrected chi connectivity index (χ1v) is 4.66. The number of hydrogen-bond donors (Lipinski definition) is 1. The maximum absolute atomic E-state index is 9.66. The number of nitrogens with zero attached hydrogens (tertiary/aromatic N) is 1. The minimum atomic E-state index is 0.128. The van der Waals surface area contributed by atoms with Gasteiger partial charge in [0.05, 0.1) is 0 Å². The van der Waals surface area contributed by atoms with E-state index in [1.165, 1.54) is 11.1 Å². The summed E-state index contributed by atoms with van der Waals surface area (Å²) in [4.78, 5) is 4.03. The predicted molar refractivity (Wildman–Crippen MR) is 57.6 cm³/mol. The molecule has 1 N–H and O–H groups in total. The Bertz CT molecular complexity index is 503. The molecule has 2 nitrogen and oxygen atoms in total. The molecule has 0 unspecified atom stereocenters. The molecule has 0 saturated carbocycles. The normalized spacial score (nSPS) is 10.8. The summed E-state index contributed by atoms with van der Waals surface area (Å²) in [7, 11) is 0. The van der Waals surface area contributed by atoms with E-state index in [0.717, 1.165) is 16.5 Å². The molecule has 1 heterocycles. The van der Waals surface area contributed by atoms with Crippen LogP contribution in [0.25, 0.3) is 10.8 Å². The lowest BCUT2D eigenvalue weighted by atomic mass is 10.0. The van der Waals surface area contributed by atoms with Crippen molar-refractivity contribution in [1.29, 1.82) is 0 Å². The largest absolute Gasteiger partial charge is 0.493 e. The molecule has 0 aliphatic heterocycles. The van der Waals surface area contributed by atoms with Gasteiger partial charge in [-0.25, -0.2) is 4.98 Å². The monoisotopic (exact) mass is 187 g/mol. The van der Waals surface area contributed by atoms with E-state index >= 15 is 0 Å². The lowest BCUT2D eigenvalue weighted by Crippen LogP contribution is -1.88. The Morgan fingerprint density at radius 1 is 1.07 bits per heavy atom. The lowest BCUT2D eigenvalue weighted by Gasteiger charge is -2.07. The van der Waals surface area contributed by atoms with E-state index in [2.05, 4.69) is 18.8 Å². The van der Waals surface area contributed by atoms with Gasteiger partial charge in [-0.3, -0.25) is 0 Å². The third-order valence-electron chi connectivity index (χ3n) is 2.66. The van der Waals surface area contributed by atoms with Crippen molar-refractivity contribution in [3.05, 3.63) is 35.0 Å². The van der Waals surface area contributed by atoms with Crippen LogP contribution in [0.2, 0.25) is 0 Å². The number of aryl methyl sites for hydroxylation is 3. The molecule has 0 amide bonds. The first-order valence-electron chi connectivity index (χ1n) is 4.66. The van der Waals surface area contributed by atoms with Crippen LogP contribution in [-0.4, -0.2) is 10.1 Å². The zero-order chi connectivity index (χ0) is 10.3. The van der Waals surface area contributed by atoms with Crippen molar-refractivity contribution in [3.8, 4) is 5.88 Å². The zero-order valence-electron chi connectivity index (χ0n) is 8.63. The van der Waals surface area contributed by atoms with Gasteiger partial charge in [0.2, 0.25) is 5.88 Å². The van der Waals surface area contributed by atoms with Gasteiger partial charge in [0, 0.05) is 11.1 Å². The molecule has 14 heavy (non-hydrogen) atoms. The van der Waals surface area contributed by atoms with Gasteiger partial charge < -0.3 is 5.11 Å². The van der Waals surface area contributed by atoms with Crippen LogP contribution in [0.4, 0.5) is 0 Å². The Kier molecular flexibility index (Phi) is 1.92. The molecule has 0 spiro atoms. The highest BCUT2D eigenvalue weighted by Crippen LogP contribution is 2.27. The maximum Gasteiger partial charge on any atom is 0.219 e. The Morgan fingerprint density at radius 2 is 1.79 bits per heavy atom. The SMILES string of the molecule is Cc1cc2c(C)c(C)ccc2c(O)n1. The topological polar surface area (TPSA) is 33.1 Å². The van der Waals surface area contributed by atoms with Gasteiger partial charge in [0.1, 0.15) is 0 Å². The standard InChI is InChI=1S/C12H13NO/c1-7-4-5-10-11(9(7)3)6-8(2)13-12(10)14/h4-6H,1-3H3,(H,13,14). The number of rotatable bonds is 0. The second kappa shape index (κ2) is 2.98. The van der Waals surface area contributed by atoms with Crippen LogP contribution in [0.1, 0.15) is 16.8 Å². The third-order valence-corrected chi connectivity index (χ3v) is 2.66. The van der Waals surface area contributed by atoms with Crippen molar-refractivity contribution < 1.29 is 5.11 Å². The first-order chi connectivity index (χ1) is 6.59. The summed E-state index contributed by atoms with van der Waals surface area (Å²) < 4.78 is 0. The molecule has 1 aromatic heterocycles. The third kappa shape index (κ3) is 1.23. The number of aromatic hydroxyl groups is 1. The van der Waals surface area contributed by atoms with E-state index in [1.807, 2.05) is 25.1 Å². The fourth-order valence-corrected chi connectivity index (χ4v) is 1.69. The molecule has 2 aromatic rings. The van der Waals surface area contributed by atoms with E-state index in [-0.39, 0.29) is 5.88 Å². The highest BCUT2D eigenvalue weighted by molar-refractivity contribution is 5.90. The van der Waals surface area contributed by atoms with Gasteiger partial charge in [0.15, 0.2) is 0 Å². The first kappa shape index (κ1) is 9.00. The second-order valence-electron chi connectivity index (χ2n) is 3.69. The second-order valence-corrected chi connectivity index (χ2v) is 3.69. The smallest absolute Gasteiger partial charge is 0.219 e. The van der Waals surface area contributed by atoms with Crippen LogP contribution < -0.4 is 0 Å². The number of pyridine rings is 1. The summed E-state index contributed by atoms with van der Waals surface area (Å²) in [6, 6.07) is 5.94. The van der Waals surface area contributed by atoms with Gasteiger partial charge in [-0.2, -0.15) is 0 Å². The van der Waals surface area contributed by atoms with E-state index in [4.69, 9.17) is 0 Å². The molecular formula is C12H13NO. The molecule has 0 aliphatic rings. The van der Waals surface area contributed by atoms with Gasteiger partial charge in [-0.15, -0.1) is 0 Å². The zero-order valence-corrected chi connectivity index (χ0v) is 8.63. The van der Waals surface area contributed by atoms with Crippen molar-refractivity contribution >= 4 is 10.8 Å². The van der Waals surface area contributed by atoms with Crippen molar-refractivity contribution in [3.63, 3.8) is 0 Å². The summed E-state index contributed by atoms with van der Waals surface area (Å²) in [5.41, 5.74) is 3.30. The summed E-state index contributed by atoms with van der Waals surface area (Å²) in [6.45, 7) is 6.03. The molecule has 0 radical (unpaired) electrons. The Labute approximate surface area is 83.2 Å². The van der Waals surface area contributed by atoms with Crippen LogP contribution in [0.15, 0.2) is 18.2 Å². The highest BCUT2D eigenvalue weighted by Gasteiger charge is 2.05. The van der Waals surface area contributed by atoms with Gasteiger partial charge in [-0.1, -0.05) is 6.07 Å². The number of aromatic nitrogens is 1. The van der Waals surface area contributed by atoms with Crippen LogP contribution in [0, 0.1) is 20.8 Å². The average molecular weight is 187 g/mol. The van der Waals surface area contributed by atoms with Crippen molar-refractivity contribution in [2.24, 2.45) is 0 Å². The van der Waals surface area contributed by atoms with E-state index in [1.54, 1.807) is 0 Å². The lowest BCUT2D eigenvalue weighted by molar-refractivity contribution is 0.459. The number of fused-ring (bicyclic) bond motifs is 1. The molecule has 72 valence electrons. The van der Waals surface area contributed by atoms with Crippen LogP contribution >= 0.6 is 0 Å². The van der Waals surface area contributed by atoms with Crippen LogP contribution in [0.5, 0.6) is 5.88 Å². The van der Waals surface area contributed by atoms with E-state index in [9.17, 15) is 5.11 Å². The summed E-state index contributed by atoms with van der Waals surface area (Å²) in [5, 5.41) is 11.6. The molecule has 0 aliphatic carbocycles. The highest BCUT2D eigenvalue weighted by atomic mass is 16.3. The summed E-state index contributed by atoms with van der Waals surface area (Å²) in [6.07, 6.45) is 0. The Balaban J connectivity index is 2.95. The van der Waals surface area contributed by atoms with Crippen molar-refractivity contribution in [1.82, 2.24) is 4.98 Å². The van der Waals surface area contributed by atoms with Gasteiger partial charge in [0.25, 0.3) is 0 Å². The number of benzene rings is 1. The maximum atomic E-state index is 9.66. The Hall–Kier alpha value is -1.57. The fourth-order valence-electron chi connectivity index (χ4n) is 1.69. The van der Waals surface area contributed by atoms with E-state index in [0.29, 0.717) is 0 Å². The summed E-state index contributed by atoms with van der Waals surface area (Å²) >= 11 is 0. The molecule has 0 saturated heterocycles. The summed E-state index contributed by atoms with van der Waals surface area (Å²) in [5.74, 6) is 0.128. The minimum absolute atomic E-state index is 0.128. The molecule has 2 rings (SSSR count). The predicted octanol–water partition coefficient (Wildman–Crippen LogP) is 2.87. The van der Waals surface area contributed by atoms with Crippen LogP contribution in [0.3, 0.4) is 0 Å². The fraction of sp³-hybridized carbons (Fsp3) is 0.250. The minimum Gasteiger partial charge on any atom is -0.493 e. The quantitative estimate of drug-likeness (QED) is 0.688. The molecule has 0 atom stereocenters. The average Bonchev–Trinajstić information content (AvgIpc) is 2.12. The van der Waals surface area contributed by atoms with Crippen LogP contribution in [-0.2, 0) is 0 Å².